The molecule has 0 saturated heterocycles. The van der Waals surface area contributed by atoms with Crippen LogP contribution in [0.25, 0.3) is 5.57 Å². The van der Waals surface area contributed by atoms with Crippen molar-refractivity contribution in [2.75, 3.05) is 20.7 Å². The zero-order valence-electron chi connectivity index (χ0n) is 15.8. The molecule has 2 N–H and O–H groups in total. The number of hydrogen-bond donors (Lipinski definition) is 2. The SMILES string of the molecule is CNC1CCC(NCC2(C#N)CC(c3ccccc3)=CC=C2OC)CC1. The average Bonchev–Trinajstić information content (AvgIpc) is 2.73. The Bertz CT molecular complexity index is 696. The van der Waals surface area contributed by atoms with Crippen LogP contribution < -0.4 is 10.6 Å². The van der Waals surface area contributed by atoms with Crippen molar-refractivity contribution in [3.8, 4) is 6.07 Å². The smallest absolute Gasteiger partial charge is 0.131 e. The second kappa shape index (κ2) is 8.53. The fraction of sp³-hybridized carbons (Fsp3) is 0.500. The maximum absolute atomic E-state index is 10.1. The van der Waals surface area contributed by atoms with Gasteiger partial charge in [0.15, 0.2) is 0 Å². The number of methoxy groups -OCH3 is 1. The van der Waals surface area contributed by atoms with Crippen LogP contribution in [0.5, 0.6) is 0 Å². The molecule has 26 heavy (non-hydrogen) atoms. The Labute approximate surface area is 156 Å². The lowest BCUT2D eigenvalue weighted by atomic mass is 9.75. The zero-order chi connectivity index (χ0) is 18.4. The van der Waals surface area contributed by atoms with Crippen LogP contribution in [0, 0.1) is 16.7 Å². The first-order chi connectivity index (χ1) is 12.7. The maximum Gasteiger partial charge on any atom is 0.131 e. The summed E-state index contributed by atoms with van der Waals surface area (Å²) in [5.41, 5.74) is 1.72. The molecule has 138 valence electrons. The Kier molecular flexibility index (Phi) is 6.13. The third-order valence-corrected chi connectivity index (χ3v) is 5.81. The topological polar surface area (TPSA) is 57.1 Å². The molecule has 0 radical (unpaired) electrons. The van der Waals surface area contributed by atoms with Crippen molar-refractivity contribution >= 4 is 5.57 Å². The number of rotatable bonds is 6. The minimum Gasteiger partial charge on any atom is -0.499 e. The van der Waals surface area contributed by atoms with E-state index in [0.717, 1.165) is 18.6 Å². The molecule has 1 aromatic rings. The van der Waals surface area contributed by atoms with Crippen molar-refractivity contribution < 1.29 is 4.74 Å². The Morgan fingerprint density at radius 1 is 1.12 bits per heavy atom. The van der Waals surface area contributed by atoms with Crippen LogP contribution in [0.1, 0.15) is 37.7 Å². The Balaban J connectivity index is 1.72. The zero-order valence-corrected chi connectivity index (χ0v) is 15.8. The van der Waals surface area contributed by atoms with Crippen LogP contribution >= 0.6 is 0 Å². The molecule has 3 rings (SSSR count). The summed E-state index contributed by atoms with van der Waals surface area (Å²) in [6.07, 6.45) is 9.41. The van der Waals surface area contributed by atoms with E-state index in [1.165, 1.54) is 24.0 Å². The van der Waals surface area contributed by atoms with Gasteiger partial charge in [-0.3, -0.25) is 0 Å². The van der Waals surface area contributed by atoms with Crippen LogP contribution in [0.2, 0.25) is 0 Å². The van der Waals surface area contributed by atoms with Crippen LogP contribution in [0.3, 0.4) is 0 Å². The van der Waals surface area contributed by atoms with E-state index in [9.17, 15) is 5.26 Å². The molecule has 0 spiro atoms. The summed E-state index contributed by atoms with van der Waals surface area (Å²) in [5.74, 6) is 0.760. The molecule has 0 amide bonds. The van der Waals surface area contributed by atoms with Gasteiger partial charge in [-0.05, 0) is 49.9 Å². The van der Waals surface area contributed by atoms with E-state index in [0.29, 0.717) is 25.0 Å². The molecule has 1 unspecified atom stereocenters. The molecule has 4 nitrogen and oxygen atoms in total. The molecule has 0 bridgehead atoms. The van der Waals surface area contributed by atoms with Gasteiger partial charge < -0.3 is 15.4 Å². The van der Waals surface area contributed by atoms with E-state index < -0.39 is 5.41 Å². The third-order valence-electron chi connectivity index (χ3n) is 5.81. The highest BCUT2D eigenvalue weighted by atomic mass is 16.5. The number of allylic oxidation sites excluding steroid dienone is 3. The molecule has 1 atom stereocenters. The largest absolute Gasteiger partial charge is 0.499 e. The van der Waals surface area contributed by atoms with Gasteiger partial charge in [0.25, 0.3) is 0 Å². The monoisotopic (exact) mass is 351 g/mol. The van der Waals surface area contributed by atoms with Gasteiger partial charge >= 0.3 is 0 Å². The van der Waals surface area contributed by atoms with E-state index in [1.54, 1.807) is 7.11 Å². The first-order valence-electron chi connectivity index (χ1n) is 9.53. The molecule has 2 aliphatic rings. The van der Waals surface area contributed by atoms with Crippen molar-refractivity contribution in [1.82, 2.24) is 10.6 Å². The average molecular weight is 351 g/mol. The number of benzene rings is 1. The second-order valence-corrected chi connectivity index (χ2v) is 7.38. The maximum atomic E-state index is 10.1. The van der Waals surface area contributed by atoms with E-state index in [-0.39, 0.29) is 0 Å². The number of nitrogens with one attached hydrogen (secondary N) is 2. The Morgan fingerprint density at radius 3 is 2.42 bits per heavy atom. The van der Waals surface area contributed by atoms with Crippen LogP contribution in [-0.2, 0) is 4.74 Å². The molecular weight excluding hydrogens is 322 g/mol. The van der Waals surface area contributed by atoms with Gasteiger partial charge in [-0.1, -0.05) is 36.4 Å². The highest BCUT2D eigenvalue weighted by Crippen LogP contribution is 2.41. The molecule has 2 aliphatic carbocycles. The van der Waals surface area contributed by atoms with E-state index >= 15 is 0 Å². The molecule has 1 aromatic carbocycles. The highest BCUT2D eigenvalue weighted by molar-refractivity contribution is 5.70. The van der Waals surface area contributed by atoms with Gasteiger partial charge in [0.2, 0.25) is 0 Å². The second-order valence-electron chi connectivity index (χ2n) is 7.38. The van der Waals surface area contributed by atoms with E-state index in [1.807, 2.05) is 31.3 Å². The lowest BCUT2D eigenvalue weighted by Crippen LogP contribution is -2.44. The fourth-order valence-electron chi connectivity index (χ4n) is 4.11. The van der Waals surface area contributed by atoms with E-state index in [2.05, 4.69) is 34.9 Å². The molecule has 1 fully saturated rings. The molecule has 1 saturated carbocycles. The van der Waals surface area contributed by atoms with E-state index in [4.69, 9.17) is 4.74 Å². The van der Waals surface area contributed by atoms with Crippen molar-refractivity contribution in [3.63, 3.8) is 0 Å². The first-order valence-corrected chi connectivity index (χ1v) is 9.53. The summed E-state index contributed by atoms with van der Waals surface area (Å²) in [7, 11) is 3.70. The summed E-state index contributed by atoms with van der Waals surface area (Å²) in [6.45, 7) is 0.627. The lowest BCUT2D eigenvalue weighted by Gasteiger charge is -2.35. The van der Waals surface area contributed by atoms with Gasteiger partial charge in [-0.2, -0.15) is 5.26 Å². The number of ether oxygens (including phenoxy) is 1. The summed E-state index contributed by atoms with van der Waals surface area (Å²) < 4.78 is 5.60. The molecule has 4 heteroatoms. The van der Waals surface area contributed by atoms with Gasteiger partial charge in [0.1, 0.15) is 11.2 Å². The van der Waals surface area contributed by atoms with Crippen molar-refractivity contribution in [2.24, 2.45) is 5.41 Å². The minimum atomic E-state index is -0.644. The fourth-order valence-corrected chi connectivity index (χ4v) is 4.11. The van der Waals surface area contributed by atoms with Gasteiger partial charge in [0.05, 0.1) is 13.2 Å². The minimum absolute atomic E-state index is 0.481. The summed E-state index contributed by atoms with van der Waals surface area (Å²) in [5, 5.41) is 17.1. The van der Waals surface area contributed by atoms with Gasteiger partial charge in [0, 0.05) is 25.0 Å². The first kappa shape index (κ1) is 18.7. The molecule has 0 aromatic heterocycles. The summed E-state index contributed by atoms with van der Waals surface area (Å²) >= 11 is 0. The standard InChI is InChI=1S/C22H29N3O/c1-24-19-9-11-20(12-10-19)25-16-22(15-23)14-18(8-13-21(22)26-2)17-6-4-3-5-7-17/h3-8,13,19-20,24-25H,9-12,14,16H2,1-2H3. The van der Waals surface area contributed by atoms with Gasteiger partial charge in [-0.15, -0.1) is 0 Å². The normalized spacial score (nSPS) is 28.7. The number of nitriles is 1. The predicted molar refractivity (Wildman–Crippen MR) is 105 cm³/mol. The number of nitrogens with zero attached hydrogens (tertiary/aromatic N) is 1. The molecule has 0 heterocycles. The van der Waals surface area contributed by atoms with Crippen LogP contribution in [-0.4, -0.2) is 32.8 Å². The van der Waals surface area contributed by atoms with Gasteiger partial charge in [-0.25, -0.2) is 0 Å². The van der Waals surface area contributed by atoms with Crippen molar-refractivity contribution in [1.29, 1.82) is 5.26 Å². The predicted octanol–water partition coefficient (Wildman–Crippen LogP) is 3.63. The summed E-state index contributed by atoms with van der Waals surface area (Å²) in [6, 6.07) is 14.0. The number of hydrogen-bond acceptors (Lipinski definition) is 4. The highest BCUT2D eigenvalue weighted by Gasteiger charge is 2.39. The van der Waals surface area contributed by atoms with Crippen LogP contribution in [0.15, 0.2) is 48.2 Å². The quantitative estimate of drug-likeness (QED) is 0.822. The third kappa shape index (κ3) is 4.00. The van der Waals surface area contributed by atoms with Crippen LogP contribution in [0.4, 0.5) is 0 Å². The molecule has 0 aliphatic heterocycles. The summed E-state index contributed by atoms with van der Waals surface area (Å²) in [4.78, 5) is 0. The van der Waals surface area contributed by atoms with Crippen molar-refractivity contribution in [2.45, 2.75) is 44.2 Å². The Morgan fingerprint density at radius 2 is 1.81 bits per heavy atom. The Hall–Kier alpha value is -2.09. The lowest BCUT2D eigenvalue weighted by molar-refractivity contribution is 0.193. The molecular formula is C22H29N3O. The van der Waals surface area contributed by atoms with Crippen molar-refractivity contribution in [3.05, 3.63) is 53.8 Å².